The molecule has 0 unspecified atom stereocenters. The van der Waals surface area contributed by atoms with Gasteiger partial charge in [-0.1, -0.05) is 11.6 Å². The Morgan fingerprint density at radius 3 is 2.55 bits per heavy atom. The molecular weight excluding hydrogens is 288 g/mol. The maximum atomic E-state index is 13.4. The molecule has 20 heavy (non-hydrogen) atoms. The summed E-state index contributed by atoms with van der Waals surface area (Å²) in [6, 6.07) is 7.52. The van der Waals surface area contributed by atoms with Gasteiger partial charge in [-0.15, -0.1) is 0 Å². The number of halogens is 3. The van der Waals surface area contributed by atoms with Crippen LogP contribution in [0.3, 0.4) is 0 Å². The van der Waals surface area contributed by atoms with Gasteiger partial charge in [0.05, 0.1) is 12.8 Å². The van der Waals surface area contributed by atoms with Crippen molar-refractivity contribution in [3.8, 4) is 11.1 Å². The third kappa shape index (κ3) is 3.24. The van der Waals surface area contributed by atoms with Crippen LogP contribution in [0.15, 0.2) is 36.4 Å². The number of rotatable bonds is 2. The molecule has 0 aliphatic carbocycles. The summed E-state index contributed by atoms with van der Waals surface area (Å²) in [6.07, 6.45) is -0.708. The van der Waals surface area contributed by atoms with Crippen molar-refractivity contribution in [3.63, 3.8) is 0 Å². The maximum absolute atomic E-state index is 13.4. The molecule has 2 aromatic rings. The minimum Gasteiger partial charge on any atom is -0.453 e. The summed E-state index contributed by atoms with van der Waals surface area (Å²) >= 11 is 5.78. The van der Waals surface area contributed by atoms with Gasteiger partial charge in [0.2, 0.25) is 0 Å². The van der Waals surface area contributed by atoms with E-state index in [2.05, 4.69) is 10.1 Å². The standard InChI is InChI=1S/C14H10ClF2NO2/c1-20-14(19)18-13-3-2-10(16)7-12(13)8-4-9(15)6-11(17)5-8/h2-7H,1H3,(H,18,19). The first kappa shape index (κ1) is 14.3. The Labute approximate surface area is 119 Å². The molecule has 0 fully saturated rings. The van der Waals surface area contributed by atoms with Gasteiger partial charge in [0.15, 0.2) is 0 Å². The lowest BCUT2D eigenvalue weighted by Crippen LogP contribution is -2.11. The van der Waals surface area contributed by atoms with Gasteiger partial charge in [-0.25, -0.2) is 13.6 Å². The lowest BCUT2D eigenvalue weighted by Gasteiger charge is -2.11. The van der Waals surface area contributed by atoms with E-state index in [0.717, 1.165) is 6.07 Å². The fraction of sp³-hybridized carbons (Fsp3) is 0.0714. The molecule has 1 amide bonds. The van der Waals surface area contributed by atoms with Crippen molar-refractivity contribution in [2.24, 2.45) is 0 Å². The minimum absolute atomic E-state index is 0.174. The molecule has 3 nitrogen and oxygen atoms in total. The fourth-order valence-corrected chi connectivity index (χ4v) is 1.96. The van der Waals surface area contributed by atoms with Gasteiger partial charge in [-0.2, -0.15) is 0 Å². The first-order valence-corrected chi connectivity index (χ1v) is 5.98. The van der Waals surface area contributed by atoms with E-state index in [-0.39, 0.29) is 5.02 Å². The van der Waals surface area contributed by atoms with E-state index >= 15 is 0 Å². The highest BCUT2D eigenvalue weighted by Gasteiger charge is 2.11. The maximum Gasteiger partial charge on any atom is 0.411 e. The first-order chi connectivity index (χ1) is 9.49. The molecule has 0 aliphatic rings. The highest BCUT2D eigenvalue weighted by molar-refractivity contribution is 6.30. The van der Waals surface area contributed by atoms with Gasteiger partial charge >= 0.3 is 6.09 Å². The van der Waals surface area contributed by atoms with E-state index in [0.29, 0.717) is 16.8 Å². The van der Waals surface area contributed by atoms with Crippen LogP contribution < -0.4 is 5.32 Å². The minimum atomic E-state index is -0.708. The van der Waals surface area contributed by atoms with E-state index in [9.17, 15) is 13.6 Å². The number of hydrogen-bond donors (Lipinski definition) is 1. The van der Waals surface area contributed by atoms with Crippen molar-refractivity contribution >= 4 is 23.4 Å². The molecular formula is C14H10ClF2NO2. The second kappa shape index (κ2) is 5.88. The predicted octanol–water partition coefficient (Wildman–Crippen LogP) is 4.46. The van der Waals surface area contributed by atoms with Gasteiger partial charge in [-0.3, -0.25) is 5.32 Å². The van der Waals surface area contributed by atoms with Gasteiger partial charge in [0.1, 0.15) is 11.6 Å². The van der Waals surface area contributed by atoms with Crippen LogP contribution in [0, 0.1) is 11.6 Å². The Hall–Kier alpha value is -2.14. The van der Waals surface area contributed by atoms with Crippen molar-refractivity contribution in [2.45, 2.75) is 0 Å². The summed E-state index contributed by atoms with van der Waals surface area (Å²) in [5, 5.41) is 2.61. The van der Waals surface area contributed by atoms with Crippen LogP contribution in [0.4, 0.5) is 19.3 Å². The molecule has 0 atom stereocenters. The molecule has 0 saturated heterocycles. The molecule has 2 rings (SSSR count). The van der Waals surface area contributed by atoms with Crippen LogP contribution in [-0.4, -0.2) is 13.2 Å². The van der Waals surface area contributed by atoms with E-state index < -0.39 is 17.7 Å². The van der Waals surface area contributed by atoms with Crippen LogP contribution in [-0.2, 0) is 4.74 Å². The average Bonchev–Trinajstić information content (AvgIpc) is 2.39. The lowest BCUT2D eigenvalue weighted by atomic mass is 10.0. The van der Waals surface area contributed by atoms with Gasteiger partial charge in [0.25, 0.3) is 0 Å². The molecule has 0 radical (unpaired) electrons. The summed E-state index contributed by atoms with van der Waals surface area (Å²) in [6.45, 7) is 0. The Morgan fingerprint density at radius 2 is 1.90 bits per heavy atom. The third-order valence-corrected chi connectivity index (χ3v) is 2.80. The van der Waals surface area contributed by atoms with Crippen LogP contribution in [0.1, 0.15) is 0 Å². The van der Waals surface area contributed by atoms with E-state index in [1.807, 2.05) is 0 Å². The number of amides is 1. The SMILES string of the molecule is COC(=O)Nc1ccc(F)cc1-c1cc(F)cc(Cl)c1. The highest BCUT2D eigenvalue weighted by atomic mass is 35.5. The topological polar surface area (TPSA) is 38.3 Å². The second-order valence-electron chi connectivity index (χ2n) is 3.96. The molecule has 0 aromatic heterocycles. The molecule has 0 heterocycles. The van der Waals surface area contributed by atoms with Gasteiger partial charge in [0, 0.05) is 10.6 Å². The zero-order valence-electron chi connectivity index (χ0n) is 10.4. The van der Waals surface area contributed by atoms with E-state index in [1.165, 1.54) is 37.4 Å². The lowest BCUT2D eigenvalue weighted by molar-refractivity contribution is 0.187. The number of anilines is 1. The predicted molar refractivity (Wildman–Crippen MR) is 72.8 cm³/mol. The number of nitrogens with one attached hydrogen (secondary N) is 1. The number of ether oxygens (including phenoxy) is 1. The van der Waals surface area contributed by atoms with Gasteiger partial charge in [-0.05, 0) is 42.0 Å². The third-order valence-electron chi connectivity index (χ3n) is 2.58. The molecule has 0 bridgehead atoms. The molecule has 6 heteroatoms. The Bertz CT molecular complexity index is 641. The van der Waals surface area contributed by atoms with Crippen molar-refractivity contribution in [1.29, 1.82) is 0 Å². The highest BCUT2D eigenvalue weighted by Crippen LogP contribution is 2.31. The molecule has 0 saturated carbocycles. The Morgan fingerprint density at radius 1 is 1.15 bits per heavy atom. The number of carbonyl (C=O) groups excluding carboxylic acids is 1. The van der Waals surface area contributed by atoms with Crippen molar-refractivity contribution in [2.75, 3.05) is 12.4 Å². The molecule has 0 aliphatic heterocycles. The normalized spacial score (nSPS) is 10.2. The first-order valence-electron chi connectivity index (χ1n) is 5.60. The van der Waals surface area contributed by atoms with Crippen LogP contribution in [0.25, 0.3) is 11.1 Å². The Kier molecular flexibility index (Phi) is 4.20. The van der Waals surface area contributed by atoms with Crippen LogP contribution in [0.2, 0.25) is 5.02 Å². The van der Waals surface area contributed by atoms with Crippen molar-refractivity contribution < 1.29 is 18.3 Å². The molecule has 2 aromatic carbocycles. The molecule has 104 valence electrons. The summed E-state index contributed by atoms with van der Waals surface area (Å²) in [4.78, 5) is 11.3. The van der Waals surface area contributed by atoms with E-state index in [4.69, 9.17) is 11.6 Å². The fourth-order valence-electron chi connectivity index (χ4n) is 1.73. The van der Waals surface area contributed by atoms with Crippen molar-refractivity contribution in [1.82, 2.24) is 0 Å². The molecule has 1 N–H and O–H groups in total. The molecule has 0 spiro atoms. The monoisotopic (exact) mass is 297 g/mol. The second-order valence-corrected chi connectivity index (χ2v) is 4.40. The van der Waals surface area contributed by atoms with Gasteiger partial charge < -0.3 is 4.74 Å². The Balaban J connectivity index is 2.53. The summed E-state index contributed by atoms with van der Waals surface area (Å²) in [5.41, 5.74) is 0.942. The number of hydrogen-bond acceptors (Lipinski definition) is 2. The summed E-state index contributed by atoms with van der Waals surface area (Å²) in [7, 11) is 1.21. The van der Waals surface area contributed by atoms with E-state index in [1.54, 1.807) is 0 Å². The zero-order chi connectivity index (χ0) is 14.7. The van der Waals surface area contributed by atoms with Crippen molar-refractivity contribution in [3.05, 3.63) is 53.1 Å². The number of benzene rings is 2. The largest absolute Gasteiger partial charge is 0.453 e. The number of carbonyl (C=O) groups is 1. The quantitative estimate of drug-likeness (QED) is 0.888. The zero-order valence-corrected chi connectivity index (χ0v) is 11.2. The van der Waals surface area contributed by atoms with Crippen LogP contribution in [0.5, 0.6) is 0 Å². The van der Waals surface area contributed by atoms with Crippen LogP contribution >= 0.6 is 11.6 Å². The summed E-state index contributed by atoms with van der Waals surface area (Å²) < 4.78 is 31.2. The average molecular weight is 298 g/mol. The number of methoxy groups -OCH3 is 1. The smallest absolute Gasteiger partial charge is 0.411 e. The summed E-state index contributed by atoms with van der Waals surface area (Å²) in [5.74, 6) is -1.07.